The number of hydrogen-bond acceptors (Lipinski definition) is 3. The van der Waals surface area contributed by atoms with Crippen LogP contribution in [0.2, 0.25) is 0 Å². The fourth-order valence-corrected chi connectivity index (χ4v) is 2.05. The molecule has 1 aromatic rings. The summed E-state index contributed by atoms with van der Waals surface area (Å²) < 4.78 is 11.2. The maximum atomic E-state index is 6.29. The standard InChI is InChI=1S/C17H29NO2/c1-6-19-15-9-8-13(12-16(15)20-7-2)14(18)10-11-17(3,4)5/h8-9,12,14H,6-7,10-11,18H2,1-5H3. The van der Waals surface area contributed by atoms with E-state index in [-0.39, 0.29) is 6.04 Å². The molecule has 1 atom stereocenters. The monoisotopic (exact) mass is 279 g/mol. The molecule has 0 heterocycles. The molecule has 20 heavy (non-hydrogen) atoms. The van der Waals surface area contributed by atoms with Gasteiger partial charge in [-0.2, -0.15) is 0 Å². The lowest BCUT2D eigenvalue weighted by atomic mass is 9.87. The van der Waals surface area contributed by atoms with E-state index in [1.807, 2.05) is 32.0 Å². The van der Waals surface area contributed by atoms with E-state index in [2.05, 4.69) is 20.8 Å². The van der Waals surface area contributed by atoms with E-state index in [9.17, 15) is 0 Å². The summed E-state index contributed by atoms with van der Waals surface area (Å²) in [7, 11) is 0. The number of rotatable bonds is 7. The SMILES string of the molecule is CCOc1ccc(C(N)CCC(C)(C)C)cc1OCC. The summed E-state index contributed by atoms with van der Waals surface area (Å²) >= 11 is 0. The molecule has 114 valence electrons. The number of nitrogens with two attached hydrogens (primary N) is 1. The Morgan fingerprint density at radius 2 is 1.65 bits per heavy atom. The van der Waals surface area contributed by atoms with Gasteiger partial charge in [0.05, 0.1) is 13.2 Å². The first kappa shape index (κ1) is 16.8. The third-order valence-electron chi connectivity index (χ3n) is 3.20. The van der Waals surface area contributed by atoms with Crippen LogP contribution < -0.4 is 15.2 Å². The minimum absolute atomic E-state index is 0.0455. The molecule has 0 saturated carbocycles. The highest BCUT2D eigenvalue weighted by Crippen LogP contribution is 2.32. The summed E-state index contributed by atoms with van der Waals surface area (Å²) in [5.74, 6) is 1.58. The minimum atomic E-state index is 0.0455. The van der Waals surface area contributed by atoms with Crippen LogP contribution in [0.5, 0.6) is 11.5 Å². The molecule has 0 bridgehead atoms. The van der Waals surface area contributed by atoms with Crippen molar-refractivity contribution in [2.75, 3.05) is 13.2 Å². The Morgan fingerprint density at radius 3 is 2.20 bits per heavy atom. The Kier molecular flexibility index (Phi) is 6.34. The molecular formula is C17H29NO2. The quantitative estimate of drug-likeness (QED) is 0.809. The summed E-state index contributed by atoms with van der Waals surface area (Å²) in [6, 6.07) is 6.06. The van der Waals surface area contributed by atoms with Gasteiger partial charge in [-0.15, -0.1) is 0 Å². The molecule has 1 rings (SSSR count). The van der Waals surface area contributed by atoms with Gasteiger partial charge in [0.1, 0.15) is 0 Å². The van der Waals surface area contributed by atoms with Crippen LogP contribution in [0, 0.1) is 5.41 Å². The highest BCUT2D eigenvalue weighted by molar-refractivity contribution is 5.43. The first-order chi connectivity index (χ1) is 9.37. The van der Waals surface area contributed by atoms with Gasteiger partial charge in [-0.25, -0.2) is 0 Å². The van der Waals surface area contributed by atoms with Gasteiger partial charge in [-0.05, 0) is 49.8 Å². The molecule has 3 nitrogen and oxygen atoms in total. The van der Waals surface area contributed by atoms with Crippen LogP contribution in [-0.4, -0.2) is 13.2 Å². The molecule has 1 unspecified atom stereocenters. The minimum Gasteiger partial charge on any atom is -0.490 e. The lowest BCUT2D eigenvalue weighted by molar-refractivity contribution is 0.287. The molecule has 2 N–H and O–H groups in total. The van der Waals surface area contributed by atoms with E-state index in [4.69, 9.17) is 15.2 Å². The maximum absolute atomic E-state index is 6.29. The van der Waals surface area contributed by atoms with Crippen molar-refractivity contribution in [2.45, 2.75) is 53.5 Å². The van der Waals surface area contributed by atoms with E-state index >= 15 is 0 Å². The van der Waals surface area contributed by atoms with Gasteiger partial charge in [0.15, 0.2) is 11.5 Å². The smallest absolute Gasteiger partial charge is 0.161 e. The van der Waals surface area contributed by atoms with Crippen LogP contribution >= 0.6 is 0 Å². The van der Waals surface area contributed by atoms with E-state index in [1.165, 1.54) is 0 Å². The number of hydrogen-bond donors (Lipinski definition) is 1. The molecule has 0 fully saturated rings. The second-order valence-electron chi connectivity index (χ2n) is 6.28. The van der Waals surface area contributed by atoms with Crippen molar-refractivity contribution in [2.24, 2.45) is 11.1 Å². The van der Waals surface area contributed by atoms with Gasteiger partial charge in [0.25, 0.3) is 0 Å². The van der Waals surface area contributed by atoms with Crippen molar-refractivity contribution in [3.05, 3.63) is 23.8 Å². The van der Waals surface area contributed by atoms with E-state index in [0.717, 1.165) is 29.9 Å². The van der Waals surface area contributed by atoms with Crippen molar-refractivity contribution >= 4 is 0 Å². The first-order valence-corrected chi connectivity index (χ1v) is 7.52. The van der Waals surface area contributed by atoms with Gasteiger partial charge >= 0.3 is 0 Å². The second-order valence-corrected chi connectivity index (χ2v) is 6.28. The van der Waals surface area contributed by atoms with Crippen LogP contribution in [-0.2, 0) is 0 Å². The topological polar surface area (TPSA) is 44.5 Å². The zero-order chi connectivity index (χ0) is 15.2. The van der Waals surface area contributed by atoms with Crippen molar-refractivity contribution in [3.8, 4) is 11.5 Å². The summed E-state index contributed by atoms with van der Waals surface area (Å²) in [5, 5.41) is 0. The second kappa shape index (κ2) is 7.53. The number of benzene rings is 1. The van der Waals surface area contributed by atoms with Crippen LogP contribution in [0.1, 0.15) is 59.1 Å². The molecule has 3 heteroatoms. The Morgan fingerprint density at radius 1 is 1.05 bits per heavy atom. The molecule has 0 aliphatic heterocycles. The summed E-state index contributed by atoms with van der Waals surface area (Å²) in [6.07, 6.45) is 2.08. The average Bonchev–Trinajstić information content (AvgIpc) is 2.37. The molecule has 0 spiro atoms. The van der Waals surface area contributed by atoms with Crippen molar-refractivity contribution in [1.82, 2.24) is 0 Å². The summed E-state index contributed by atoms with van der Waals surface area (Å²) in [5.41, 5.74) is 7.72. The van der Waals surface area contributed by atoms with E-state index < -0.39 is 0 Å². The fraction of sp³-hybridized carbons (Fsp3) is 0.647. The van der Waals surface area contributed by atoms with Gasteiger partial charge in [-0.1, -0.05) is 26.8 Å². The molecular weight excluding hydrogens is 250 g/mol. The molecule has 0 aliphatic rings. The predicted molar refractivity (Wildman–Crippen MR) is 84.4 cm³/mol. The largest absolute Gasteiger partial charge is 0.490 e. The molecule has 1 aromatic carbocycles. The van der Waals surface area contributed by atoms with Gasteiger partial charge in [0, 0.05) is 6.04 Å². The zero-order valence-electron chi connectivity index (χ0n) is 13.5. The van der Waals surface area contributed by atoms with Crippen LogP contribution in [0.25, 0.3) is 0 Å². The summed E-state index contributed by atoms with van der Waals surface area (Å²) in [6.45, 7) is 11.9. The molecule has 0 saturated heterocycles. The predicted octanol–water partition coefficient (Wildman–Crippen LogP) is 4.31. The lowest BCUT2D eigenvalue weighted by Gasteiger charge is -2.21. The fourth-order valence-electron chi connectivity index (χ4n) is 2.05. The van der Waals surface area contributed by atoms with Crippen LogP contribution in [0.15, 0.2) is 18.2 Å². The van der Waals surface area contributed by atoms with E-state index in [1.54, 1.807) is 0 Å². The first-order valence-electron chi connectivity index (χ1n) is 7.52. The molecule has 0 radical (unpaired) electrons. The van der Waals surface area contributed by atoms with Crippen molar-refractivity contribution < 1.29 is 9.47 Å². The third-order valence-corrected chi connectivity index (χ3v) is 3.20. The lowest BCUT2D eigenvalue weighted by Crippen LogP contribution is -2.15. The van der Waals surface area contributed by atoms with E-state index in [0.29, 0.717) is 18.6 Å². The third kappa shape index (κ3) is 5.41. The Balaban J connectivity index is 2.82. The maximum Gasteiger partial charge on any atom is 0.161 e. The van der Waals surface area contributed by atoms with Crippen molar-refractivity contribution in [3.63, 3.8) is 0 Å². The zero-order valence-corrected chi connectivity index (χ0v) is 13.5. The molecule has 0 aromatic heterocycles. The summed E-state index contributed by atoms with van der Waals surface area (Å²) in [4.78, 5) is 0. The van der Waals surface area contributed by atoms with Gasteiger partial charge < -0.3 is 15.2 Å². The number of ether oxygens (including phenoxy) is 2. The van der Waals surface area contributed by atoms with Crippen molar-refractivity contribution in [1.29, 1.82) is 0 Å². The normalized spacial score (nSPS) is 13.1. The van der Waals surface area contributed by atoms with Crippen LogP contribution in [0.4, 0.5) is 0 Å². The van der Waals surface area contributed by atoms with Gasteiger partial charge in [-0.3, -0.25) is 0 Å². The Labute approximate surface area is 123 Å². The van der Waals surface area contributed by atoms with Gasteiger partial charge in [0.2, 0.25) is 0 Å². The Hall–Kier alpha value is -1.22. The van der Waals surface area contributed by atoms with Crippen LogP contribution in [0.3, 0.4) is 0 Å². The molecule has 0 amide bonds. The Bertz CT molecular complexity index is 410. The highest BCUT2D eigenvalue weighted by Gasteiger charge is 2.15. The highest BCUT2D eigenvalue weighted by atomic mass is 16.5. The average molecular weight is 279 g/mol. The molecule has 0 aliphatic carbocycles.